The van der Waals surface area contributed by atoms with Gasteiger partial charge in [0, 0.05) is 27.7 Å². The fourth-order valence-corrected chi connectivity index (χ4v) is 7.13. The lowest BCUT2D eigenvalue weighted by Gasteiger charge is -2.43. The van der Waals surface area contributed by atoms with E-state index in [1.54, 1.807) is 46.2 Å². The molecule has 4 nitrogen and oxygen atoms in total. The third kappa shape index (κ3) is 4.08. The van der Waals surface area contributed by atoms with Gasteiger partial charge in [0.15, 0.2) is 5.78 Å². The molecule has 2 aliphatic rings. The second-order valence-electron chi connectivity index (χ2n) is 8.70. The lowest BCUT2D eigenvalue weighted by molar-refractivity contribution is -0.118. The van der Waals surface area contributed by atoms with Crippen molar-refractivity contribution in [3.8, 4) is 6.07 Å². The van der Waals surface area contributed by atoms with Gasteiger partial charge in [0.05, 0.1) is 27.5 Å². The number of carbonyl (C=O) groups excluding carboxylic acids is 1. The number of nitrogens with zero attached hydrogens (tertiary/aromatic N) is 2. The molecular weight excluding hydrogens is 481 g/mol. The number of carbonyl (C=O) groups is 1. The minimum Gasteiger partial charge on any atom is -0.384 e. The zero-order valence-corrected chi connectivity index (χ0v) is 21.2. The van der Waals surface area contributed by atoms with Crippen LogP contribution in [0.3, 0.4) is 0 Å². The van der Waals surface area contributed by atoms with Gasteiger partial charge in [-0.3, -0.25) is 9.69 Å². The van der Waals surface area contributed by atoms with Crippen LogP contribution in [0.4, 0.5) is 5.69 Å². The second-order valence-corrected chi connectivity index (χ2v) is 12.0. The van der Waals surface area contributed by atoms with E-state index >= 15 is 0 Å². The molecule has 1 unspecified atom stereocenters. The minimum absolute atomic E-state index is 0.0540. The molecule has 4 rings (SSSR count). The number of rotatable bonds is 4. The van der Waals surface area contributed by atoms with E-state index in [0.717, 1.165) is 21.2 Å². The van der Waals surface area contributed by atoms with Gasteiger partial charge in [0.25, 0.3) is 0 Å². The maximum absolute atomic E-state index is 13.6. The number of hydrogen-bond donors (Lipinski definition) is 1. The van der Waals surface area contributed by atoms with Gasteiger partial charge in [-0.05, 0) is 52.8 Å². The molecular formula is C24H23Cl2N3OS2. The number of anilines is 1. The molecule has 8 heteroatoms. The largest absolute Gasteiger partial charge is 0.384 e. The van der Waals surface area contributed by atoms with Crippen molar-refractivity contribution in [1.29, 1.82) is 5.26 Å². The van der Waals surface area contributed by atoms with Crippen molar-refractivity contribution in [3.05, 3.63) is 67.9 Å². The number of thiophene rings is 1. The van der Waals surface area contributed by atoms with Crippen molar-refractivity contribution in [2.45, 2.75) is 43.7 Å². The van der Waals surface area contributed by atoms with Gasteiger partial charge >= 0.3 is 0 Å². The van der Waals surface area contributed by atoms with Gasteiger partial charge in [-0.15, -0.1) is 23.1 Å². The Morgan fingerprint density at radius 1 is 1.28 bits per heavy atom. The standard InChI is InChI=1S/C24H23Cl2N3OS2/c1-4-31-23-16(5-6-32-23)20-17(12-27)22(28)29(15-8-13(25)7-14(26)9-15)18-10-24(2,3)11-19(30)21(18)20/h5-9,20H,4,10-11,28H2,1-3H3. The average molecular weight is 505 g/mol. The van der Waals surface area contributed by atoms with Crippen molar-refractivity contribution in [2.75, 3.05) is 10.7 Å². The topological polar surface area (TPSA) is 70.1 Å². The molecule has 1 aromatic carbocycles. The first-order chi connectivity index (χ1) is 15.2. The summed E-state index contributed by atoms with van der Waals surface area (Å²) in [4.78, 5) is 15.4. The maximum atomic E-state index is 13.6. The van der Waals surface area contributed by atoms with Crippen molar-refractivity contribution in [2.24, 2.45) is 11.1 Å². The monoisotopic (exact) mass is 503 g/mol. The Morgan fingerprint density at radius 3 is 2.59 bits per heavy atom. The Hall–Kier alpha value is -1.91. The summed E-state index contributed by atoms with van der Waals surface area (Å²) in [5, 5.41) is 13.1. The molecule has 166 valence electrons. The molecule has 0 saturated heterocycles. The van der Waals surface area contributed by atoms with Crippen LogP contribution in [0.2, 0.25) is 10.0 Å². The molecule has 0 bridgehead atoms. The molecule has 0 radical (unpaired) electrons. The molecule has 1 aromatic heterocycles. The number of Topliss-reactive ketones (excluding diaryl/α,β-unsaturated/α-hetero) is 1. The summed E-state index contributed by atoms with van der Waals surface area (Å²) in [6.07, 6.45) is 1.07. The van der Waals surface area contributed by atoms with Gasteiger partial charge in [0.1, 0.15) is 5.82 Å². The highest BCUT2D eigenvalue weighted by Crippen LogP contribution is 2.52. The quantitative estimate of drug-likeness (QED) is 0.450. The molecule has 2 heterocycles. The van der Waals surface area contributed by atoms with Gasteiger partial charge < -0.3 is 5.73 Å². The van der Waals surface area contributed by atoms with Gasteiger partial charge in [0.2, 0.25) is 0 Å². The predicted molar refractivity (Wildman–Crippen MR) is 134 cm³/mol. The molecule has 2 N–H and O–H groups in total. The van der Waals surface area contributed by atoms with E-state index in [1.165, 1.54) is 0 Å². The van der Waals surface area contributed by atoms with Crippen LogP contribution >= 0.6 is 46.3 Å². The summed E-state index contributed by atoms with van der Waals surface area (Å²) in [7, 11) is 0. The van der Waals surface area contributed by atoms with Crippen molar-refractivity contribution in [3.63, 3.8) is 0 Å². The number of ketones is 1. The lowest BCUT2D eigenvalue weighted by Crippen LogP contribution is -2.42. The average Bonchev–Trinajstić information content (AvgIpc) is 3.13. The molecule has 1 atom stereocenters. The first kappa shape index (κ1) is 23.3. The number of hydrogen-bond acceptors (Lipinski definition) is 6. The Kier molecular flexibility index (Phi) is 6.39. The highest BCUT2D eigenvalue weighted by atomic mass is 35.5. The van der Waals surface area contributed by atoms with E-state index in [1.807, 2.05) is 11.4 Å². The molecule has 1 aliphatic carbocycles. The van der Waals surface area contributed by atoms with E-state index in [4.69, 9.17) is 28.9 Å². The van der Waals surface area contributed by atoms with E-state index in [9.17, 15) is 10.1 Å². The normalized spacial score (nSPS) is 20.4. The highest BCUT2D eigenvalue weighted by molar-refractivity contribution is 8.01. The molecule has 1 aliphatic heterocycles. The summed E-state index contributed by atoms with van der Waals surface area (Å²) in [6, 6.07) is 9.50. The molecule has 0 spiro atoms. The Balaban J connectivity index is 2.01. The molecule has 0 saturated carbocycles. The highest BCUT2D eigenvalue weighted by Gasteiger charge is 2.45. The lowest BCUT2D eigenvalue weighted by atomic mass is 9.69. The van der Waals surface area contributed by atoms with E-state index in [2.05, 4.69) is 26.8 Å². The number of halogens is 2. The molecule has 2 aromatic rings. The first-order valence-electron chi connectivity index (χ1n) is 10.3. The van der Waals surface area contributed by atoms with Crippen LogP contribution in [0, 0.1) is 16.7 Å². The van der Waals surface area contributed by atoms with Crippen LogP contribution in [0.15, 0.2) is 56.5 Å². The van der Waals surface area contributed by atoms with Crippen molar-refractivity contribution < 1.29 is 4.79 Å². The predicted octanol–water partition coefficient (Wildman–Crippen LogP) is 7.11. The first-order valence-corrected chi connectivity index (χ1v) is 12.9. The third-order valence-corrected chi connectivity index (χ3v) is 8.32. The minimum atomic E-state index is -0.468. The van der Waals surface area contributed by atoms with Crippen molar-refractivity contribution >= 4 is 57.8 Å². The fourth-order valence-electron chi connectivity index (χ4n) is 4.55. The number of benzene rings is 1. The zero-order valence-electron chi connectivity index (χ0n) is 18.0. The summed E-state index contributed by atoms with van der Waals surface area (Å²) in [5.41, 5.74) is 9.93. The Morgan fingerprint density at radius 2 is 1.97 bits per heavy atom. The number of allylic oxidation sites excluding steroid dienone is 3. The smallest absolute Gasteiger partial charge is 0.162 e. The van der Waals surface area contributed by atoms with Gasteiger partial charge in [-0.2, -0.15) is 5.26 Å². The Labute approximate surface area is 206 Å². The number of nitrogens with two attached hydrogens (primary N) is 1. The molecule has 0 fully saturated rings. The third-order valence-electron chi connectivity index (χ3n) is 5.73. The maximum Gasteiger partial charge on any atom is 0.162 e. The summed E-state index contributed by atoms with van der Waals surface area (Å²) >= 11 is 15.9. The van der Waals surface area contributed by atoms with Crippen LogP contribution in [-0.4, -0.2) is 11.5 Å². The van der Waals surface area contributed by atoms with Crippen LogP contribution in [0.25, 0.3) is 0 Å². The molecule has 32 heavy (non-hydrogen) atoms. The van der Waals surface area contributed by atoms with Crippen molar-refractivity contribution in [1.82, 2.24) is 0 Å². The summed E-state index contributed by atoms with van der Waals surface area (Å²) in [5.74, 6) is 0.809. The van der Waals surface area contributed by atoms with E-state index in [0.29, 0.717) is 45.5 Å². The SMILES string of the molecule is CCSc1sccc1C1C(C#N)=C(N)N(c2cc(Cl)cc(Cl)c2)C2=C1C(=O)CC(C)(C)C2. The fraction of sp³-hybridized carbons (Fsp3) is 0.333. The van der Waals surface area contributed by atoms with E-state index in [-0.39, 0.29) is 11.2 Å². The van der Waals surface area contributed by atoms with Crippen LogP contribution in [0.5, 0.6) is 0 Å². The van der Waals surface area contributed by atoms with Crippen LogP contribution < -0.4 is 10.6 Å². The number of thioether (sulfide) groups is 1. The summed E-state index contributed by atoms with van der Waals surface area (Å²) < 4.78 is 1.11. The zero-order chi connectivity index (χ0) is 23.2. The molecule has 0 amide bonds. The summed E-state index contributed by atoms with van der Waals surface area (Å²) in [6.45, 7) is 6.25. The van der Waals surface area contributed by atoms with Crippen LogP contribution in [0.1, 0.15) is 45.1 Å². The Bertz CT molecular complexity index is 1190. The second kappa shape index (κ2) is 8.79. The van der Waals surface area contributed by atoms with E-state index < -0.39 is 5.92 Å². The number of nitriles is 1. The van der Waals surface area contributed by atoms with Crippen LogP contribution in [-0.2, 0) is 4.79 Å². The van der Waals surface area contributed by atoms with Gasteiger partial charge in [-0.1, -0.05) is 44.0 Å². The van der Waals surface area contributed by atoms with Gasteiger partial charge in [-0.25, -0.2) is 0 Å².